The minimum absolute atomic E-state index is 0.427. The van der Waals surface area contributed by atoms with Gasteiger partial charge in [0.2, 0.25) is 0 Å². The third-order valence-corrected chi connectivity index (χ3v) is 5.15. The van der Waals surface area contributed by atoms with Gasteiger partial charge in [0, 0.05) is 4.47 Å². The first-order valence-corrected chi connectivity index (χ1v) is 8.22. The zero-order valence-electron chi connectivity index (χ0n) is 12.2. The highest BCUT2D eigenvalue weighted by Gasteiger charge is 2.31. The van der Waals surface area contributed by atoms with E-state index in [1.807, 2.05) is 6.07 Å². The Morgan fingerprint density at radius 2 is 2.00 bits per heavy atom. The number of benzene rings is 1. The van der Waals surface area contributed by atoms with Gasteiger partial charge in [-0.25, -0.2) is 0 Å². The van der Waals surface area contributed by atoms with Crippen LogP contribution in [0.5, 0.6) is 0 Å². The molecule has 1 saturated carbocycles. The molecular weight excluding hydrogens is 300 g/mol. The van der Waals surface area contributed by atoms with Crippen LogP contribution in [0.4, 0.5) is 0 Å². The van der Waals surface area contributed by atoms with Gasteiger partial charge in [-0.15, -0.1) is 0 Å². The zero-order chi connectivity index (χ0) is 13.8. The first-order valence-electron chi connectivity index (χ1n) is 7.43. The highest BCUT2D eigenvalue weighted by Crippen LogP contribution is 2.36. The number of hydrogen-bond donors (Lipinski definition) is 0. The molecule has 2 heteroatoms. The van der Waals surface area contributed by atoms with Crippen molar-refractivity contribution in [2.75, 3.05) is 0 Å². The van der Waals surface area contributed by atoms with Crippen molar-refractivity contribution < 1.29 is 4.74 Å². The molecule has 0 amide bonds. The van der Waals surface area contributed by atoms with Crippen LogP contribution in [0.25, 0.3) is 0 Å². The molecule has 0 N–H and O–H groups in total. The fourth-order valence-electron chi connectivity index (χ4n) is 3.12. The van der Waals surface area contributed by atoms with Gasteiger partial charge in [0.15, 0.2) is 0 Å². The second-order valence-electron chi connectivity index (χ2n) is 6.27. The second kappa shape index (κ2) is 6.90. The fraction of sp³-hybridized carbons (Fsp3) is 0.647. The molecule has 0 radical (unpaired) electrons. The van der Waals surface area contributed by atoms with E-state index in [0.29, 0.717) is 6.10 Å². The van der Waals surface area contributed by atoms with Gasteiger partial charge in [-0.1, -0.05) is 61.3 Å². The van der Waals surface area contributed by atoms with Crippen molar-refractivity contribution in [3.05, 3.63) is 34.3 Å². The maximum atomic E-state index is 6.26. The van der Waals surface area contributed by atoms with Crippen LogP contribution in [-0.4, -0.2) is 6.10 Å². The van der Waals surface area contributed by atoms with Crippen molar-refractivity contribution in [3.63, 3.8) is 0 Å². The average Bonchev–Trinajstić information content (AvgIpc) is 2.37. The summed E-state index contributed by atoms with van der Waals surface area (Å²) in [5.74, 6) is 2.25. The van der Waals surface area contributed by atoms with E-state index in [1.54, 1.807) is 0 Å². The number of rotatable bonds is 4. The van der Waals surface area contributed by atoms with Gasteiger partial charge in [0.1, 0.15) is 0 Å². The molecular formula is C17H25BrO. The van der Waals surface area contributed by atoms with E-state index < -0.39 is 0 Å². The van der Waals surface area contributed by atoms with Crippen LogP contribution in [0.1, 0.15) is 45.6 Å². The minimum Gasteiger partial charge on any atom is -0.373 e. The molecule has 0 saturated heterocycles. The molecule has 1 nitrogen and oxygen atoms in total. The maximum Gasteiger partial charge on any atom is 0.0731 e. The Bertz CT molecular complexity index is 402. The lowest BCUT2D eigenvalue weighted by Gasteiger charge is -2.37. The van der Waals surface area contributed by atoms with Crippen LogP contribution >= 0.6 is 15.9 Å². The number of halogens is 1. The predicted molar refractivity (Wildman–Crippen MR) is 84.1 cm³/mol. The molecule has 1 aliphatic carbocycles. The SMILES string of the molecule is CC1CCC(C(C)C)C(OCc2ccccc2Br)C1. The molecule has 0 heterocycles. The normalized spacial score (nSPS) is 27.7. The van der Waals surface area contributed by atoms with E-state index >= 15 is 0 Å². The van der Waals surface area contributed by atoms with Crippen molar-refractivity contribution in [2.24, 2.45) is 17.8 Å². The Morgan fingerprint density at radius 3 is 2.68 bits per heavy atom. The summed E-state index contributed by atoms with van der Waals surface area (Å²) in [6.07, 6.45) is 4.32. The first kappa shape index (κ1) is 15.1. The fourth-order valence-corrected chi connectivity index (χ4v) is 3.52. The Labute approximate surface area is 125 Å². The topological polar surface area (TPSA) is 9.23 Å². The summed E-state index contributed by atoms with van der Waals surface area (Å²) < 4.78 is 7.42. The van der Waals surface area contributed by atoms with Gasteiger partial charge in [-0.05, 0) is 42.2 Å². The van der Waals surface area contributed by atoms with Gasteiger partial charge in [-0.2, -0.15) is 0 Å². The van der Waals surface area contributed by atoms with Crippen molar-refractivity contribution in [3.8, 4) is 0 Å². The van der Waals surface area contributed by atoms with E-state index in [2.05, 4.69) is 54.9 Å². The van der Waals surface area contributed by atoms with Crippen LogP contribution in [0.3, 0.4) is 0 Å². The van der Waals surface area contributed by atoms with Crippen LogP contribution in [0.15, 0.2) is 28.7 Å². The third kappa shape index (κ3) is 4.06. The minimum atomic E-state index is 0.427. The molecule has 106 valence electrons. The lowest BCUT2D eigenvalue weighted by atomic mass is 9.75. The van der Waals surface area contributed by atoms with E-state index in [-0.39, 0.29) is 0 Å². The molecule has 1 aliphatic rings. The Balaban J connectivity index is 1.97. The van der Waals surface area contributed by atoms with Gasteiger partial charge in [0.25, 0.3) is 0 Å². The van der Waals surface area contributed by atoms with Crippen LogP contribution in [0, 0.1) is 17.8 Å². The number of ether oxygens (including phenoxy) is 1. The maximum absolute atomic E-state index is 6.26. The molecule has 3 atom stereocenters. The monoisotopic (exact) mass is 324 g/mol. The highest BCUT2D eigenvalue weighted by molar-refractivity contribution is 9.10. The van der Waals surface area contributed by atoms with E-state index in [9.17, 15) is 0 Å². The summed E-state index contributed by atoms with van der Waals surface area (Å²) in [7, 11) is 0. The van der Waals surface area contributed by atoms with Crippen molar-refractivity contribution in [1.29, 1.82) is 0 Å². The number of hydrogen-bond acceptors (Lipinski definition) is 1. The Hall–Kier alpha value is -0.340. The molecule has 0 aromatic heterocycles. The predicted octanol–water partition coefficient (Wildman–Crippen LogP) is 5.43. The summed E-state index contributed by atoms with van der Waals surface area (Å²) in [6, 6.07) is 8.35. The molecule has 1 aromatic rings. The summed E-state index contributed by atoms with van der Waals surface area (Å²) in [6.45, 7) is 7.73. The summed E-state index contributed by atoms with van der Waals surface area (Å²) in [4.78, 5) is 0. The quantitative estimate of drug-likeness (QED) is 0.717. The summed E-state index contributed by atoms with van der Waals surface area (Å²) >= 11 is 3.60. The standard InChI is InChI=1S/C17H25BrO/c1-12(2)15-9-8-13(3)10-17(15)19-11-14-6-4-5-7-16(14)18/h4-7,12-13,15,17H,8-11H2,1-3H3. The molecule has 3 unspecified atom stereocenters. The smallest absolute Gasteiger partial charge is 0.0731 e. The van der Waals surface area contributed by atoms with E-state index in [1.165, 1.54) is 24.8 Å². The van der Waals surface area contributed by atoms with Crippen LogP contribution in [-0.2, 0) is 11.3 Å². The summed E-state index contributed by atoms with van der Waals surface area (Å²) in [5, 5.41) is 0. The molecule has 0 bridgehead atoms. The largest absolute Gasteiger partial charge is 0.373 e. The molecule has 0 spiro atoms. The zero-order valence-corrected chi connectivity index (χ0v) is 13.8. The van der Waals surface area contributed by atoms with Crippen LogP contribution in [0.2, 0.25) is 0 Å². The van der Waals surface area contributed by atoms with Gasteiger partial charge in [0.05, 0.1) is 12.7 Å². The Morgan fingerprint density at radius 1 is 1.26 bits per heavy atom. The molecule has 0 aliphatic heterocycles. The molecule has 19 heavy (non-hydrogen) atoms. The van der Waals surface area contributed by atoms with Gasteiger partial charge < -0.3 is 4.74 Å². The molecule has 1 aromatic carbocycles. The van der Waals surface area contributed by atoms with Gasteiger partial charge >= 0.3 is 0 Å². The second-order valence-corrected chi connectivity index (χ2v) is 7.12. The van der Waals surface area contributed by atoms with Crippen LogP contribution < -0.4 is 0 Å². The van der Waals surface area contributed by atoms with E-state index in [0.717, 1.165) is 28.8 Å². The average molecular weight is 325 g/mol. The lowest BCUT2D eigenvalue weighted by molar-refractivity contribution is -0.0474. The lowest BCUT2D eigenvalue weighted by Crippen LogP contribution is -2.34. The van der Waals surface area contributed by atoms with Gasteiger partial charge in [-0.3, -0.25) is 0 Å². The molecule has 2 rings (SSSR count). The molecule has 1 fully saturated rings. The summed E-state index contributed by atoms with van der Waals surface area (Å²) in [5.41, 5.74) is 1.25. The van der Waals surface area contributed by atoms with E-state index in [4.69, 9.17) is 4.74 Å². The van der Waals surface area contributed by atoms with Crippen molar-refractivity contribution >= 4 is 15.9 Å². The van der Waals surface area contributed by atoms with Crippen molar-refractivity contribution in [2.45, 2.75) is 52.7 Å². The van der Waals surface area contributed by atoms with Crippen molar-refractivity contribution in [1.82, 2.24) is 0 Å². The Kier molecular flexibility index (Phi) is 5.47. The first-order chi connectivity index (χ1) is 9.08. The highest BCUT2D eigenvalue weighted by atomic mass is 79.9. The third-order valence-electron chi connectivity index (χ3n) is 4.37.